The highest BCUT2D eigenvalue weighted by Crippen LogP contribution is 2.49. The second-order valence-electron chi connectivity index (χ2n) is 11.0. The Hall–Kier alpha value is -3.50. The molecule has 2 aromatic heterocycles. The molecule has 1 fully saturated rings. The highest BCUT2D eigenvalue weighted by Gasteiger charge is 2.41. The van der Waals surface area contributed by atoms with Gasteiger partial charge in [-0.05, 0) is 74.7 Å². The van der Waals surface area contributed by atoms with Crippen LogP contribution in [-0.2, 0) is 35.0 Å². The summed E-state index contributed by atoms with van der Waals surface area (Å²) in [4.78, 5) is 11.9. The van der Waals surface area contributed by atoms with Crippen molar-refractivity contribution in [3.8, 4) is 11.5 Å². The lowest BCUT2D eigenvalue weighted by atomic mass is 9.88. The van der Waals surface area contributed by atoms with Crippen LogP contribution in [0.2, 0.25) is 0 Å². The van der Waals surface area contributed by atoms with Crippen molar-refractivity contribution in [1.82, 2.24) is 19.4 Å². The van der Waals surface area contributed by atoms with Crippen molar-refractivity contribution in [2.75, 3.05) is 33.6 Å². The topological polar surface area (TPSA) is 91.1 Å². The number of benzene rings is 2. The lowest BCUT2D eigenvalue weighted by molar-refractivity contribution is -0.0688. The smallest absolute Gasteiger partial charge is 0.277 e. The lowest BCUT2D eigenvalue weighted by Gasteiger charge is -2.32. The van der Waals surface area contributed by atoms with Crippen molar-refractivity contribution in [3.63, 3.8) is 0 Å². The maximum atomic E-state index is 9.04. The van der Waals surface area contributed by atoms with Crippen molar-refractivity contribution < 1.29 is 24.1 Å². The summed E-state index contributed by atoms with van der Waals surface area (Å²) >= 11 is 0. The number of rotatable bonds is 10. The molecule has 9 heteroatoms. The summed E-state index contributed by atoms with van der Waals surface area (Å²) in [5.74, 6) is 2.20. The van der Waals surface area contributed by atoms with E-state index in [9.17, 15) is 0 Å². The molecular formula is C32H38N4O5. The van der Waals surface area contributed by atoms with Gasteiger partial charge in [-0.2, -0.15) is 0 Å². The fourth-order valence-electron chi connectivity index (χ4n) is 5.95. The van der Waals surface area contributed by atoms with Crippen LogP contribution in [0.25, 0.3) is 11.0 Å². The van der Waals surface area contributed by atoms with Gasteiger partial charge in [-0.3, -0.25) is 9.88 Å². The van der Waals surface area contributed by atoms with Crippen LogP contribution in [0.1, 0.15) is 53.9 Å². The number of hydrogen-bond donors (Lipinski definition) is 1. The number of likely N-dealkylation sites (tertiary alicyclic amines) is 1. The molecule has 1 N–H and O–H groups in total. The molecule has 4 heterocycles. The molecule has 1 saturated heterocycles. The molecule has 0 spiro atoms. The summed E-state index contributed by atoms with van der Waals surface area (Å²) in [6.07, 6.45) is 3.90. The van der Waals surface area contributed by atoms with E-state index in [0.29, 0.717) is 19.1 Å². The maximum Gasteiger partial charge on any atom is 0.277 e. The quantitative estimate of drug-likeness (QED) is 0.276. The van der Waals surface area contributed by atoms with Gasteiger partial charge in [-0.25, -0.2) is 4.98 Å². The largest absolute Gasteiger partial charge is 0.444 e. The van der Waals surface area contributed by atoms with Crippen molar-refractivity contribution in [1.29, 1.82) is 0 Å². The van der Waals surface area contributed by atoms with Crippen LogP contribution >= 0.6 is 0 Å². The Morgan fingerprint density at radius 1 is 1.10 bits per heavy atom. The molecule has 2 aromatic carbocycles. The van der Waals surface area contributed by atoms with E-state index in [2.05, 4.69) is 32.7 Å². The molecule has 0 bridgehead atoms. The summed E-state index contributed by atoms with van der Waals surface area (Å²) in [5.41, 5.74) is 6.12. The number of fused-ring (bicyclic) bond motifs is 2. The molecule has 0 aliphatic carbocycles. The van der Waals surface area contributed by atoms with E-state index in [1.54, 1.807) is 7.11 Å². The first-order chi connectivity index (χ1) is 20.0. The van der Waals surface area contributed by atoms with Crippen molar-refractivity contribution in [2.45, 2.75) is 58.1 Å². The highest BCUT2D eigenvalue weighted by atomic mass is 16.7. The van der Waals surface area contributed by atoms with E-state index in [1.165, 1.54) is 5.56 Å². The molecular weight excluding hydrogens is 520 g/mol. The molecule has 2 aliphatic rings. The number of aromatic nitrogens is 3. The van der Waals surface area contributed by atoms with Gasteiger partial charge >= 0.3 is 0 Å². The molecule has 0 saturated carbocycles. The molecule has 216 valence electrons. The van der Waals surface area contributed by atoms with Gasteiger partial charge in [0.1, 0.15) is 12.6 Å². The monoisotopic (exact) mass is 558 g/mol. The summed E-state index contributed by atoms with van der Waals surface area (Å²) in [6, 6.07) is 16.4. The van der Waals surface area contributed by atoms with Crippen LogP contribution in [0, 0.1) is 6.92 Å². The molecule has 4 aromatic rings. The summed E-state index contributed by atoms with van der Waals surface area (Å²) in [7, 11) is 1.72. The summed E-state index contributed by atoms with van der Waals surface area (Å²) < 4.78 is 25.7. The van der Waals surface area contributed by atoms with E-state index >= 15 is 0 Å². The Morgan fingerprint density at radius 3 is 2.71 bits per heavy atom. The molecule has 41 heavy (non-hydrogen) atoms. The standard InChI is InChI=1S/C32H38N4O5/c1-22-7-9-25(18-33-22)32(2)40-29-6-4-5-26(31(29)41-32)24-11-13-35(14-12-24)19-30-34-27-10-8-23(20-39-21-37)17-28(27)36(30)15-16-38-3/h4-10,17-18,24,37H,11-16,19-21H2,1-3H3. The minimum Gasteiger partial charge on any atom is -0.444 e. The zero-order chi connectivity index (χ0) is 28.4. The minimum absolute atomic E-state index is 0.295. The average molecular weight is 559 g/mol. The number of ether oxygens (including phenoxy) is 4. The number of methoxy groups -OCH3 is 1. The van der Waals surface area contributed by atoms with Crippen LogP contribution in [0.4, 0.5) is 0 Å². The van der Waals surface area contributed by atoms with Crippen molar-refractivity contribution in [2.24, 2.45) is 0 Å². The molecule has 9 nitrogen and oxygen atoms in total. The Balaban J connectivity index is 1.16. The van der Waals surface area contributed by atoms with E-state index in [1.807, 2.05) is 50.4 Å². The van der Waals surface area contributed by atoms with Gasteiger partial charge < -0.3 is 28.6 Å². The molecule has 1 unspecified atom stereocenters. The Labute approximate surface area is 240 Å². The first-order valence-electron chi connectivity index (χ1n) is 14.3. The average Bonchev–Trinajstić information content (AvgIpc) is 3.52. The number of hydrogen-bond acceptors (Lipinski definition) is 8. The predicted molar refractivity (Wildman–Crippen MR) is 155 cm³/mol. The SMILES string of the molecule is COCCn1c(CN2CCC(c3cccc4c3OC(C)(c3ccc(C)nc3)O4)CC2)nc2ccc(COCO)cc21. The molecule has 1 atom stereocenters. The highest BCUT2D eigenvalue weighted by molar-refractivity contribution is 5.77. The van der Waals surface area contributed by atoms with Crippen LogP contribution in [0.5, 0.6) is 11.5 Å². The lowest BCUT2D eigenvalue weighted by Crippen LogP contribution is -2.34. The fourth-order valence-corrected chi connectivity index (χ4v) is 5.95. The minimum atomic E-state index is -0.884. The molecule has 6 rings (SSSR count). The van der Waals surface area contributed by atoms with Crippen LogP contribution in [0.15, 0.2) is 54.7 Å². The number of aliphatic hydroxyl groups excluding tert-OH is 1. The molecule has 2 aliphatic heterocycles. The van der Waals surface area contributed by atoms with Crippen molar-refractivity contribution >= 4 is 11.0 Å². The van der Waals surface area contributed by atoms with Gasteiger partial charge in [0, 0.05) is 38.0 Å². The number of piperidine rings is 1. The number of imidazole rings is 1. The fraction of sp³-hybridized carbons (Fsp3) is 0.438. The Morgan fingerprint density at radius 2 is 1.95 bits per heavy atom. The Bertz CT molecular complexity index is 1500. The van der Waals surface area contributed by atoms with Crippen LogP contribution < -0.4 is 9.47 Å². The second kappa shape index (κ2) is 11.8. The third kappa shape index (κ3) is 5.67. The second-order valence-corrected chi connectivity index (χ2v) is 11.0. The zero-order valence-electron chi connectivity index (χ0n) is 24.0. The maximum absolute atomic E-state index is 9.04. The number of pyridine rings is 1. The summed E-state index contributed by atoms with van der Waals surface area (Å²) in [6.45, 7) is 8.06. The number of nitrogens with zero attached hydrogens (tertiary/aromatic N) is 4. The molecule has 0 amide bonds. The van der Waals surface area contributed by atoms with E-state index in [4.69, 9.17) is 29.0 Å². The summed E-state index contributed by atoms with van der Waals surface area (Å²) in [5, 5.41) is 9.04. The van der Waals surface area contributed by atoms with E-state index in [-0.39, 0.29) is 6.79 Å². The predicted octanol–water partition coefficient (Wildman–Crippen LogP) is 4.88. The van der Waals surface area contributed by atoms with Crippen molar-refractivity contribution in [3.05, 3.63) is 82.9 Å². The number of aryl methyl sites for hydroxylation is 1. The van der Waals surface area contributed by atoms with Gasteiger partial charge in [0.25, 0.3) is 5.79 Å². The zero-order valence-corrected chi connectivity index (χ0v) is 24.0. The van der Waals surface area contributed by atoms with E-state index < -0.39 is 5.79 Å². The first kappa shape index (κ1) is 27.7. The third-order valence-electron chi connectivity index (χ3n) is 8.21. The normalized spacial score (nSPS) is 19.3. The van der Waals surface area contributed by atoms with Crippen LogP contribution in [0.3, 0.4) is 0 Å². The Kier molecular flexibility index (Phi) is 7.94. The third-order valence-corrected chi connectivity index (χ3v) is 8.21. The number of para-hydroxylation sites is 1. The van der Waals surface area contributed by atoms with Gasteiger partial charge in [0.2, 0.25) is 0 Å². The van der Waals surface area contributed by atoms with Gasteiger partial charge in [0.05, 0.1) is 36.4 Å². The number of aliphatic hydroxyl groups is 1. The van der Waals surface area contributed by atoms with Gasteiger partial charge in [0.15, 0.2) is 11.5 Å². The van der Waals surface area contributed by atoms with Crippen LogP contribution in [-0.4, -0.2) is 58.1 Å². The first-order valence-corrected chi connectivity index (χ1v) is 14.3. The van der Waals surface area contributed by atoms with Gasteiger partial charge in [-0.1, -0.05) is 18.2 Å². The van der Waals surface area contributed by atoms with E-state index in [0.717, 1.165) is 84.2 Å². The molecule has 0 radical (unpaired) electrons. The van der Waals surface area contributed by atoms with Gasteiger partial charge in [-0.15, -0.1) is 0 Å².